The monoisotopic (exact) mass is 505 g/mol. The van der Waals surface area contributed by atoms with E-state index < -0.39 is 35.6 Å². The summed E-state index contributed by atoms with van der Waals surface area (Å²) in [6.07, 6.45) is 3.78. The van der Waals surface area contributed by atoms with E-state index in [2.05, 4.69) is 18.0 Å². The maximum absolute atomic E-state index is 13.2. The normalized spacial score (nSPS) is 33.7. The summed E-state index contributed by atoms with van der Waals surface area (Å²) in [6.45, 7) is 14.9. The topological polar surface area (TPSA) is 96.7 Å². The third-order valence-corrected chi connectivity index (χ3v) is 8.10. The average Bonchev–Trinajstić information content (AvgIpc) is 3.19. The minimum Gasteiger partial charge on any atom is -0.457 e. The molecule has 196 valence electrons. The molecule has 6 nitrogen and oxygen atoms in total. The van der Waals surface area contributed by atoms with Crippen LogP contribution in [0.1, 0.15) is 84.9 Å². The number of thiazole rings is 1. The first-order chi connectivity index (χ1) is 16.2. The molecule has 0 spiro atoms. The Bertz CT molecular complexity index is 947. The molecule has 0 aromatic carbocycles. The Balaban J connectivity index is 2.40. The van der Waals surface area contributed by atoms with Gasteiger partial charge in [0.05, 0.1) is 34.7 Å². The molecule has 6 atom stereocenters. The number of Topliss-reactive ketones (excluding diaryl/α,β-unsaturated/α-hetero) is 1. The van der Waals surface area contributed by atoms with E-state index in [0.29, 0.717) is 0 Å². The molecule has 0 radical (unpaired) electrons. The van der Waals surface area contributed by atoms with E-state index in [9.17, 15) is 19.8 Å². The molecule has 0 bridgehead atoms. The SMILES string of the molecule is C/C1=C/[C@@H](C)[C@@H](/C(C)=C/c2csc(C)n2)OC(=O)C[C@H](O)C(C)(C)C(=O)[C@H](C)[C@@H](O)[C@@H](C)CCC1. The summed E-state index contributed by atoms with van der Waals surface area (Å²) in [5.41, 5.74) is 1.69. The first kappa shape index (κ1) is 29.4. The molecular weight excluding hydrogens is 462 g/mol. The van der Waals surface area contributed by atoms with E-state index in [-0.39, 0.29) is 24.0 Å². The van der Waals surface area contributed by atoms with Crippen LogP contribution in [0.2, 0.25) is 0 Å². The van der Waals surface area contributed by atoms with Crippen molar-refractivity contribution in [2.24, 2.45) is 23.2 Å². The van der Waals surface area contributed by atoms with E-state index in [4.69, 9.17) is 4.74 Å². The highest BCUT2D eigenvalue weighted by Crippen LogP contribution is 2.33. The van der Waals surface area contributed by atoms with E-state index in [1.54, 1.807) is 32.1 Å². The molecule has 2 rings (SSSR count). The van der Waals surface area contributed by atoms with Gasteiger partial charge >= 0.3 is 5.97 Å². The number of esters is 1. The molecule has 0 aliphatic carbocycles. The van der Waals surface area contributed by atoms with Gasteiger partial charge in [0.25, 0.3) is 0 Å². The maximum atomic E-state index is 13.2. The number of aryl methyl sites for hydroxylation is 1. The second-order valence-electron chi connectivity index (χ2n) is 10.9. The van der Waals surface area contributed by atoms with Crippen molar-refractivity contribution < 1.29 is 24.5 Å². The largest absolute Gasteiger partial charge is 0.457 e. The number of aliphatic hydroxyl groups excluding tert-OH is 2. The maximum Gasteiger partial charge on any atom is 0.309 e. The molecule has 0 amide bonds. The summed E-state index contributed by atoms with van der Waals surface area (Å²) < 4.78 is 5.92. The van der Waals surface area contributed by atoms with E-state index in [1.165, 1.54) is 5.57 Å². The molecule has 35 heavy (non-hydrogen) atoms. The van der Waals surface area contributed by atoms with Crippen LogP contribution in [0.25, 0.3) is 6.08 Å². The number of rotatable bonds is 2. The number of aliphatic hydroxyl groups is 2. The number of cyclic esters (lactones) is 1. The molecule has 2 N–H and O–H groups in total. The molecule has 0 unspecified atom stereocenters. The van der Waals surface area contributed by atoms with Gasteiger partial charge in [-0.25, -0.2) is 4.98 Å². The summed E-state index contributed by atoms with van der Waals surface area (Å²) in [7, 11) is 0. The van der Waals surface area contributed by atoms with Gasteiger partial charge in [0.2, 0.25) is 0 Å². The predicted molar refractivity (Wildman–Crippen MR) is 141 cm³/mol. The average molecular weight is 506 g/mol. The Morgan fingerprint density at radius 1 is 1.20 bits per heavy atom. The van der Waals surface area contributed by atoms with Crippen molar-refractivity contribution in [3.05, 3.63) is 33.3 Å². The van der Waals surface area contributed by atoms with E-state index >= 15 is 0 Å². The molecule has 1 aliphatic rings. The van der Waals surface area contributed by atoms with Crippen LogP contribution < -0.4 is 0 Å². The highest BCUT2D eigenvalue weighted by molar-refractivity contribution is 7.09. The Hall–Kier alpha value is -1.83. The number of carbonyl (C=O) groups excluding carboxylic acids is 2. The van der Waals surface area contributed by atoms with Crippen LogP contribution >= 0.6 is 11.3 Å². The van der Waals surface area contributed by atoms with Gasteiger partial charge in [-0.1, -0.05) is 46.3 Å². The lowest BCUT2D eigenvalue weighted by atomic mass is 9.73. The number of hydrogen-bond donors (Lipinski definition) is 2. The highest BCUT2D eigenvalue weighted by Gasteiger charge is 2.42. The fraction of sp³-hybridized carbons (Fsp3) is 0.679. The number of ketones is 1. The molecule has 0 saturated carbocycles. The molecule has 0 fully saturated rings. The minimum atomic E-state index is -1.22. The molecule has 0 saturated heterocycles. The van der Waals surface area contributed by atoms with Crippen molar-refractivity contribution in [2.45, 2.75) is 99.4 Å². The smallest absolute Gasteiger partial charge is 0.309 e. The number of nitrogens with zero attached hydrogens (tertiary/aromatic N) is 1. The second-order valence-corrected chi connectivity index (χ2v) is 12.0. The number of carbonyl (C=O) groups is 2. The van der Waals surface area contributed by atoms with Crippen molar-refractivity contribution in [1.82, 2.24) is 4.98 Å². The molecular formula is C28H43NO5S. The predicted octanol–water partition coefficient (Wildman–Crippen LogP) is 5.51. The van der Waals surface area contributed by atoms with Gasteiger partial charge in [0.15, 0.2) is 0 Å². The standard InChI is InChI=1S/C28H43NO5S/c1-16-10-9-11-17(2)25(32)20(5)27(33)28(7,8)23(30)14-24(31)34-26(18(3)12-16)19(4)13-22-15-35-21(6)29-22/h12-13,15,17-18,20,23,25-26,30,32H,9-11,14H2,1-8H3/b16-12-,19-13+/t17-,18+,20+,23-,25-,26-/m0/s1. The zero-order valence-corrected chi connectivity index (χ0v) is 23.3. The van der Waals surface area contributed by atoms with Crippen molar-refractivity contribution in [1.29, 1.82) is 0 Å². The van der Waals surface area contributed by atoms with Crippen molar-refractivity contribution in [3.63, 3.8) is 0 Å². The van der Waals surface area contributed by atoms with Crippen molar-refractivity contribution >= 4 is 29.2 Å². The van der Waals surface area contributed by atoms with Gasteiger partial charge in [-0.15, -0.1) is 11.3 Å². The lowest BCUT2D eigenvalue weighted by molar-refractivity contribution is -0.155. The highest BCUT2D eigenvalue weighted by atomic mass is 32.1. The van der Waals surface area contributed by atoms with E-state index in [0.717, 1.165) is 35.5 Å². The number of ether oxygens (including phenoxy) is 1. The third kappa shape index (κ3) is 7.83. The summed E-state index contributed by atoms with van der Waals surface area (Å²) in [5.74, 6) is -1.59. The third-order valence-electron chi connectivity index (χ3n) is 7.31. The second kappa shape index (κ2) is 12.4. The van der Waals surface area contributed by atoms with Crippen LogP contribution in [0.5, 0.6) is 0 Å². The first-order valence-electron chi connectivity index (χ1n) is 12.6. The fourth-order valence-electron chi connectivity index (χ4n) is 4.87. The number of hydrogen-bond acceptors (Lipinski definition) is 7. The van der Waals surface area contributed by atoms with Gasteiger partial charge in [-0.05, 0) is 57.6 Å². The number of aromatic nitrogens is 1. The first-order valence-corrected chi connectivity index (χ1v) is 13.5. The summed E-state index contributed by atoms with van der Waals surface area (Å²) >= 11 is 1.56. The summed E-state index contributed by atoms with van der Waals surface area (Å²) in [4.78, 5) is 30.7. The van der Waals surface area contributed by atoms with Crippen LogP contribution in [0.15, 0.2) is 22.6 Å². The molecule has 7 heteroatoms. The van der Waals surface area contributed by atoms with Gasteiger partial charge in [0.1, 0.15) is 11.9 Å². The minimum absolute atomic E-state index is 0.0514. The van der Waals surface area contributed by atoms with E-state index in [1.807, 2.05) is 39.2 Å². The zero-order chi connectivity index (χ0) is 26.5. The lowest BCUT2D eigenvalue weighted by Crippen LogP contribution is -2.45. The molecule has 1 aliphatic heterocycles. The van der Waals surface area contributed by atoms with Gasteiger partial charge in [-0.2, -0.15) is 0 Å². The quantitative estimate of drug-likeness (QED) is 0.406. The fourth-order valence-corrected chi connectivity index (χ4v) is 5.44. The van der Waals surface area contributed by atoms with Crippen molar-refractivity contribution in [3.8, 4) is 0 Å². The van der Waals surface area contributed by atoms with Gasteiger partial charge < -0.3 is 14.9 Å². The van der Waals surface area contributed by atoms with Crippen LogP contribution in [-0.4, -0.2) is 45.3 Å². The summed E-state index contributed by atoms with van der Waals surface area (Å²) in [5, 5.41) is 24.6. The van der Waals surface area contributed by atoms with Gasteiger partial charge in [0, 0.05) is 17.2 Å². The Morgan fingerprint density at radius 3 is 2.46 bits per heavy atom. The van der Waals surface area contributed by atoms with Gasteiger partial charge in [-0.3, -0.25) is 9.59 Å². The van der Waals surface area contributed by atoms with Crippen LogP contribution in [0, 0.1) is 30.1 Å². The van der Waals surface area contributed by atoms with Crippen LogP contribution in [0.3, 0.4) is 0 Å². The molecule has 1 aromatic heterocycles. The zero-order valence-electron chi connectivity index (χ0n) is 22.5. The Labute approximate surface area is 214 Å². The number of allylic oxidation sites excluding steroid dienone is 1. The summed E-state index contributed by atoms with van der Waals surface area (Å²) in [6, 6.07) is 0. The molecule has 2 heterocycles. The lowest BCUT2D eigenvalue weighted by Gasteiger charge is -2.34. The van der Waals surface area contributed by atoms with Crippen LogP contribution in [-0.2, 0) is 14.3 Å². The van der Waals surface area contributed by atoms with Crippen LogP contribution in [0.4, 0.5) is 0 Å². The molecule has 1 aromatic rings. The van der Waals surface area contributed by atoms with Crippen molar-refractivity contribution in [2.75, 3.05) is 0 Å². The Kier molecular flexibility index (Phi) is 10.4. The Morgan fingerprint density at radius 2 is 1.86 bits per heavy atom.